The Hall–Kier alpha value is -3.13. The topological polar surface area (TPSA) is 97.4 Å². The number of aromatic nitrogens is 3. The van der Waals surface area contributed by atoms with Crippen molar-refractivity contribution in [3.63, 3.8) is 0 Å². The van der Waals surface area contributed by atoms with Crippen LogP contribution in [0, 0.1) is 6.92 Å². The molecule has 0 atom stereocenters. The maximum absolute atomic E-state index is 11.8. The number of hydrogen-bond donors (Lipinski definition) is 1. The van der Waals surface area contributed by atoms with Crippen LogP contribution >= 0.6 is 11.3 Å². The Bertz CT molecular complexity index is 943. The van der Waals surface area contributed by atoms with Crippen molar-refractivity contribution in [3.05, 3.63) is 74.7 Å². The molecule has 7 nitrogen and oxygen atoms in total. The van der Waals surface area contributed by atoms with E-state index in [1.807, 2.05) is 31.5 Å². The highest BCUT2D eigenvalue weighted by atomic mass is 32.1. The molecule has 0 saturated carbocycles. The molecule has 0 aliphatic heterocycles. The molecule has 0 aliphatic carbocycles. The zero-order valence-electron chi connectivity index (χ0n) is 12.7. The fourth-order valence-electron chi connectivity index (χ4n) is 1.94. The number of aromatic amines is 1. The summed E-state index contributed by atoms with van der Waals surface area (Å²) in [5.74, 6) is 0.0875. The van der Waals surface area contributed by atoms with Gasteiger partial charge in [-0.2, -0.15) is 15.2 Å². The van der Waals surface area contributed by atoms with Gasteiger partial charge in [-0.1, -0.05) is 6.07 Å². The molecule has 3 aromatic heterocycles. The van der Waals surface area contributed by atoms with Crippen LogP contribution in [-0.4, -0.2) is 22.1 Å². The quantitative estimate of drug-likeness (QED) is 0.325. The maximum atomic E-state index is 11.8. The lowest BCUT2D eigenvalue weighted by atomic mass is 10.3. The maximum Gasteiger partial charge on any atom is 0.390 e. The molecule has 3 heterocycles. The fraction of sp³-hybridized carbons (Fsp3) is 0.0625. The minimum Gasteiger partial charge on any atom is -0.857 e. The Labute approximate surface area is 141 Å². The van der Waals surface area contributed by atoms with Gasteiger partial charge in [-0.25, -0.2) is 9.36 Å². The molecular formula is C16H13N5O2S. The number of H-pyrrole nitrogens is 1. The first-order valence-electron chi connectivity index (χ1n) is 7.03. The van der Waals surface area contributed by atoms with Crippen LogP contribution in [0.2, 0.25) is 0 Å². The average Bonchev–Trinajstić information content (AvgIpc) is 2.97. The van der Waals surface area contributed by atoms with Gasteiger partial charge in [0.2, 0.25) is 0 Å². The van der Waals surface area contributed by atoms with Gasteiger partial charge in [0.1, 0.15) is 4.88 Å². The van der Waals surface area contributed by atoms with Crippen LogP contribution in [-0.2, 0) is 0 Å². The van der Waals surface area contributed by atoms with Gasteiger partial charge < -0.3 is 5.11 Å². The van der Waals surface area contributed by atoms with Crippen molar-refractivity contribution in [3.8, 4) is 5.82 Å². The van der Waals surface area contributed by atoms with E-state index in [1.54, 1.807) is 22.9 Å². The van der Waals surface area contributed by atoms with Gasteiger partial charge in [0.15, 0.2) is 0 Å². The molecule has 0 radical (unpaired) electrons. The smallest absolute Gasteiger partial charge is 0.390 e. The van der Waals surface area contributed by atoms with Crippen LogP contribution in [0.3, 0.4) is 0 Å². The van der Waals surface area contributed by atoms with Crippen LogP contribution < -0.4 is 14.5 Å². The van der Waals surface area contributed by atoms with Gasteiger partial charge >= 0.3 is 10.7 Å². The van der Waals surface area contributed by atoms with Gasteiger partial charge in [0, 0.05) is 23.9 Å². The van der Waals surface area contributed by atoms with Gasteiger partial charge in [-0.15, -0.1) is 0 Å². The van der Waals surface area contributed by atoms with E-state index < -0.39 is 5.90 Å². The minimum atomic E-state index is -0.494. The molecule has 0 fully saturated rings. The number of nitrogens with zero attached hydrogens (tertiary/aromatic N) is 4. The second-order valence-electron chi connectivity index (χ2n) is 4.90. The molecule has 24 heavy (non-hydrogen) atoms. The van der Waals surface area contributed by atoms with Crippen molar-refractivity contribution in [2.45, 2.75) is 6.92 Å². The Morgan fingerprint density at radius 2 is 2.17 bits per heavy atom. The molecule has 3 rings (SSSR count). The summed E-state index contributed by atoms with van der Waals surface area (Å²) in [7, 11) is 0. The number of pyridine rings is 2. The summed E-state index contributed by atoms with van der Waals surface area (Å²) in [5, 5.41) is 19.3. The third-order valence-corrected chi connectivity index (χ3v) is 3.95. The van der Waals surface area contributed by atoms with Crippen molar-refractivity contribution in [1.82, 2.24) is 9.97 Å². The second kappa shape index (κ2) is 6.97. The number of rotatable bonds is 4. The summed E-state index contributed by atoms with van der Waals surface area (Å²) >= 11 is 0.996. The van der Waals surface area contributed by atoms with Crippen molar-refractivity contribution < 1.29 is 9.67 Å². The number of nitrogens with one attached hydrogen (secondary N) is 1. The summed E-state index contributed by atoms with van der Waals surface area (Å²) < 4.78 is 1.77. The van der Waals surface area contributed by atoms with E-state index in [1.165, 1.54) is 12.4 Å². The van der Waals surface area contributed by atoms with Crippen LogP contribution in [0.4, 0.5) is 0 Å². The molecule has 0 unspecified atom stereocenters. The largest absolute Gasteiger partial charge is 0.857 e. The Balaban J connectivity index is 1.88. The first-order valence-corrected chi connectivity index (χ1v) is 7.85. The van der Waals surface area contributed by atoms with Crippen molar-refractivity contribution in [1.29, 1.82) is 0 Å². The lowest BCUT2D eigenvalue weighted by Gasteiger charge is -2.06. The van der Waals surface area contributed by atoms with Gasteiger partial charge in [-0.05, 0) is 42.0 Å². The van der Waals surface area contributed by atoms with Crippen LogP contribution in [0.15, 0.2) is 64.1 Å². The second-order valence-corrected chi connectivity index (χ2v) is 5.92. The third kappa shape index (κ3) is 3.61. The zero-order chi connectivity index (χ0) is 16.9. The van der Waals surface area contributed by atoms with Crippen LogP contribution in [0.25, 0.3) is 5.82 Å². The Morgan fingerprint density at radius 1 is 1.38 bits per heavy atom. The molecule has 1 N–H and O–H groups in total. The molecule has 8 heteroatoms. The standard InChI is InChI=1S/C16H13N5O2S/c1-11-4-7-21(8-5-11)14-13(24-16(23)19-14)10-18-20-15(22)12-3-2-6-17-9-12/h2-10H,1H3,(H-,18,19,20,22,23). The molecule has 0 aliphatic rings. The minimum absolute atomic E-state index is 0.210. The lowest BCUT2D eigenvalue weighted by Crippen LogP contribution is -2.31. The van der Waals surface area contributed by atoms with E-state index in [-0.39, 0.29) is 4.87 Å². The molecule has 0 aromatic carbocycles. The van der Waals surface area contributed by atoms with Crippen LogP contribution in [0.1, 0.15) is 16.0 Å². The summed E-state index contributed by atoms with van der Waals surface area (Å²) in [5.41, 5.74) is 1.46. The van der Waals surface area contributed by atoms with Crippen molar-refractivity contribution in [2.24, 2.45) is 10.2 Å². The van der Waals surface area contributed by atoms with Gasteiger partial charge in [0.05, 0.1) is 18.6 Å². The summed E-state index contributed by atoms with van der Waals surface area (Å²) in [6.07, 6.45) is 8.05. The molecule has 120 valence electrons. The van der Waals surface area contributed by atoms with Crippen molar-refractivity contribution in [2.75, 3.05) is 0 Å². The molecule has 0 spiro atoms. The number of thiazole rings is 1. The number of hydrogen-bond acceptors (Lipinski definition) is 6. The highest BCUT2D eigenvalue weighted by molar-refractivity contribution is 7.11. The molecular weight excluding hydrogens is 326 g/mol. The third-order valence-electron chi connectivity index (χ3n) is 3.14. The van der Waals surface area contributed by atoms with E-state index in [4.69, 9.17) is 0 Å². The summed E-state index contributed by atoms with van der Waals surface area (Å²) in [4.78, 5) is 18.6. The van der Waals surface area contributed by atoms with E-state index in [2.05, 4.69) is 20.2 Å². The predicted molar refractivity (Wildman–Crippen MR) is 89.6 cm³/mol. The highest BCUT2D eigenvalue weighted by Crippen LogP contribution is 2.07. The van der Waals surface area contributed by atoms with E-state index in [0.717, 1.165) is 16.9 Å². The first-order chi connectivity index (χ1) is 11.6. The van der Waals surface area contributed by atoms with E-state index >= 15 is 0 Å². The molecule has 0 saturated heterocycles. The van der Waals surface area contributed by atoms with E-state index in [9.17, 15) is 9.90 Å². The highest BCUT2D eigenvalue weighted by Gasteiger charge is 2.15. The lowest BCUT2D eigenvalue weighted by molar-refractivity contribution is -0.599. The van der Waals surface area contributed by atoms with Gasteiger partial charge in [0.25, 0.3) is 0 Å². The first kappa shape index (κ1) is 15.8. The SMILES string of the molecule is Cc1cc[n+](-c2[nH]c(=O)sc2/C=N\N=C(/[O-])c2cccnc2)cc1. The molecule has 0 amide bonds. The molecule has 3 aromatic rings. The number of aryl methyl sites for hydroxylation is 1. The Morgan fingerprint density at radius 3 is 2.88 bits per heavy atom. The van der Waals surface area contributed by atoms with E-state index in [0.29, 0.717) is 16.3 Å². The van der Waals surface area contributed by atoms with Gasteiger partial charge in [-0.3, -0.25) is 4.98 Å². The summed E-state index contributed by atoms with van der Waals surface area (Å²) in [6, 6.07) is 7.10. The summed E-state index contributed by atoms with van der Waals surface area (Å²) in [6.45, 7) is 1.98. The normalized spacial score (nSPS) is 12.0. The molecule has 0 bridgehead atoms. The monoisotopic (exact) mass is 339 g/mol. The predicted octanol–water partition coefficient (Wildman–Crippen LogP) is 0.558. The zero-order valence-corrected chi connectivity index (χ0v) is 13.5. The van der Waals surface area contributed by atoms with Crippen molar-refractivity contribution >= 4 is 23.4 Å². The Kier molecular flexibility index (Phi) is 4.57. The fourth-order valence-corrected chi connectivity index (χ4v) is 2.64. The average molecular weight is 339 g/mol. The van der Waals surface area contributed by atoms with Crippen LogP contribution in [0.5, 0.6) is 0 Å².